The number of likely N-dealkylation sites (tertiary alicyclic amines) is 1. The van der Waals surface area contributed by atoms with Crippen LogP contribution in [0.4, 0.5) is 0 Å². The zero-order chi connectivity index (χ0) is 12.6. The van der Waals surface area contributed by atoms with E-state index in [1.165, 1.54) is 0 Å². The lowest BCUT2D eigenvalue weighted by Crippen LogP contribution is -2.56. The van der Waals surface area contributed by atoms with Gasteiger partial charge in [-0.2, -0.15) is 0 Å². The van der Waals surface area contributed by atoms with Crippen molar-refractivity contribution in [3.8, 4) is 0 Å². The fourth-order valence-electron chi connectivity index (χ4n) is 2.91. The molecule has 5 heteroatoms. The fourth-order valence-corrected chi connectivity index (χ4v) is 3.20. The van der Waals surface area contributed by atoms with Gasteiger partial charge in [0.1, 0.15) is 0 Å². The van der Waals surface area contributed by atoms with Crippen LogP contribution in [0.5, 0.6) is 0 Å². The lowest BCUT2D eigenvalue weighted by atomic mass is 9.67. The molecule has 2 aliphatic rings. The number of amides is 1. The number of aliphatic hydroxyl groups excluding tert-OH is 1. The van der Waals surface area contributed by atoms with E-state index in [4.69, 9.17) is 18.0 Å². The second-order valence-corrected chi connectivity index (χ2v) is 5.75. The Hall–Kier alpha value is -0.680. The molecular weight excluding hydrogens is 236 g/mol. The Morgan fingerprint density at radius 3 is 2.65 bits per heavy atom. The Morgan fingerprint density at radius 2 is 2.24 bits per heavy atom. The number of thiocarbonyl (C=S) groups is 1. The predicted octanol–water partition coefficient (Wildman–Crippen LogP) is 0.672. The second kappa shape index (κ2) is 4.53. The van der Waals surface area contributed by atoms with Gasteiger partial charge in [-0.05, 0) is 25.2 Å². The number of aliphatic hydroxyl groups is 1. The van der Waals surface area contributed by atoms with E-state index in [1.807, 2.05) is 0 Å². The molecule has 96 valence electrons. The highest BCUT2D eigenvalue weighted by Gasteiger charge is 2.51. The molecular formula is C12H20N2O2S. The number of rotatable bonds is 3. The van der Waals surface area contributed by atoms with Gasteiger partial charge in [0.15, 0.2) is 0 Å². The first-order valence-corrected chi connectivity index (χ1v) is 6.65. The molecule has 0 spiro atoms. The summed E-state index contributed by atoms with van der Waals surface area (Å²) in [5.74, 6) is 0.395. The number of carbonyl (C=O) groups is 1. The van der Waals surface area contributed by atoms with Crippen LogP contribution in [0.2, 0.25) is 0 Å². The van der Waals surface area contributed by atoms with Gasteiger partial charge in [0.05, 0.1) is 23.1 Å². The van der Waals surface area contributed by atoms with E-state index in [0.717, 1.165) is 32.2 Å². The minimum atomic E-state index is -0.604. The third-order valence-electron chi connectivity index (χ3n) is 4.42. The molecule has 1 saturated heterocycles. The molecule has 0 aromatic heterocycles. The highest BCUT2D eigenvalue weighted by Crippen LogP contribution is 2.44. The van der Waals surface area contributed by atoms with Crippen molar-refractivity contribution in [3.63, 3.8) is 0 Å². The van der Waals surface area contributed by atoms with Gasteiger partial charge < -0.3 is 15.7 Å². The third kappa shape index (κ3) is 1.85. The Kier molecular flexibility index (Phi) is 3.41. The Labute approximate surface area is 107 Å². The standard InChI is InChI=1S/C12H20N2O2S/c1-8-3-6-14(9(8)7-15)11(16)12(10(13)17)4-2-5-12/h8-9,15H,2-7H2,1H3,(H2,13,17). The molecule has 17 heavy (non-hydrogen) atoms. The van der Waals surface area contributed by atoms with Crippen molar-refractivity contribution < 1.29 is 9.90 Å². The normalized spacial score (nSPS) is 31.1. The van der Waals surface area contributed by atoms with Gasteiger partial charge in [0.2, 0.25) is 5.91 Å². The summed E-state index contributed by atoms with van der Waals surface area (Å²) in [6.07, 6.45) is 3.50. The van der Waals surface area contributed by atoms with E-state index >= 15 is 0 Å². The van der Waals surface area contributed by atoms with Crippen LogP contribution < -0.4 is 5.73 Å². The molecule has 4 nitrogen and oxygen atoms in total. The summed E-state index contributed by atoms with van der Waals surface area (Å²) in [5.41, 5.74) is 5.14. The summed E-state index contributed by atoms with van der Waals surface area (Å²) in [6.45, 7) is 2.82. The van der Waals surface area contributed by atoms with Gasteiger partial charge in [0.25, 0.3) is 0 Å². The number of nitrogens with zero attached hydrogens (tertiary/aromatic N) is 1. The SMILES string of the molecule is CC1CCN(C(=O)C2(C(N)=S)CCC2)C1CO. The lowest BCUT2D eigenvalue weighted by molar-refractivity contribution is -0.144. The van der Waals surface area contributed by atoms with E-state index in [1.54, 1.807) is 4.90 Å². The van der Waals surface area contributed by atoms with Crippen LogP contribution in [0.25, 0.3) is 0 Å². The third-order valence-corrected chi connectivity index (χ3v) is 4.81. The van der Waals surface area contributed by atoms with Crippen LogP contribution in [0.3, 0.4) is 0 Å². The van der Waals surface area contributed by atoms with E-state index < -0.39 is 5.41 Å². The molecule has 2 atom stereocenters. The van der Waals surface area contributed by atoms with Crippen LogP contribution in [-0.2, 0) is 4.79 Å². The van der Waals surface area contributed by atoms with Crippen LogP contribution >= 0.6 is 12.2 Å². The zero-order valence-corrected chi connectivity index (χ0v) is 11.0. The van der Waals surface area contributed by atoms with Crippen molar-refractivity contribution in [2.24, 2.45) is 17.1 Å². The van der Waals surface area contributed by atoms with Crippen molar-refractivity contribution in [1.82, 2.24) is 4.90 Å². The van der Waals surface area contributed by atoms with Gasteiger partial charge >= 0.3 is 0 Å². The highest BCUT2D eigenvalue weighted by atomic mass is 32.1. The van der Waals surface area contributed by atoms with Crippen LogP contribution in [-0.4, -0.2) is 40.1 Å². The Morgan fingerprint density at radius 1 is 1.59 bits per heavy atom. The molecule has 1 aliphatic heterocycles. The van der Waals surface area contributed by atoms with E-state index in [9.17, 15) is 9.90 Å². The van der Waals surface area contributed by atoms with Crippen LogP contribution in [0.15, 0.2) is 0 Å². The maximum Gasteiger partial charge on any atom is 0.235 e. The van der Waals surface area contributed by atoms with Crippen molar-refractivity contribution >= 4 is 23.1 Å². The first kappa shape index (κ1) is 12.8. The number of carbonyl (C=O) groups excluding carboxylic acids is 1. The molecule has 1 saturated carbocycles. The predicted molar refractivity (Wildman–Crippen MR) is 69.4 cm³/mol. The largest absolute Gasteiger partial charge is 0.394 e. The average Bonchev–Trinajstić information content (AvgIpc) is 2.56. The van der Waals surface area contributed by atoms with E-state index in [-0.39, 0.29) is 18.6 Å². The second-order valence-electron chi connectivity index (χ2n) is 5.31. The first-order chi connectivity index (χ1) is 8.03. The molecule has 0 aromatic carbocycles. The van der Waals surface area contributed by atoms with Gasteiger partial charge in [-0.3, -0.25) is 4.79 Å². The number of nitrogens with two attached hydrogens (primary N) is 1. The molecule has 3 N–H and O–H groups in total. The lowest BCUT2D eigenvalue weighted by Gasteiger charge is -2.43. The number of hydrogen-bond acceptors (Lipinski definition) is 3. The maximum absolute atomic E-state index is 12.6. The summed E-state index contributed by atoms with van der Waals surface area (Å²) in [5, 5.41) is 9.39. The van der Waals surface area contributed by atoms with Gasteiger partial charge in [-0.25, -0.2) is 0 Å². The molecule has 1 aliphatic carbocycles. The smallest absolute Gasteiger partial charge is 0.235 e. The molecule has 1 amide bonds. The minimum absolute atomic E-state index is 0.0281. The highest BCUT2D eigenvalue weighted by molar-refractivity contribution is 7.80. The van der Waals surface area contributed by atoms with Crippen LogP contribution in [0.1, 0.15) is 32.6 Å². The minimum Gasteiger partial charge on any atom is -0.394 e. The Balaban J connectivity index is 2.17. The molecule has 1 heterocycles. The quantitative estimate of drug-likeness (QED) is 0.729. The molecule has 2 unspecified atom stereocenters. The van der Waals surface area contributed by atoms with Crippen molar-refractivity contribution in [3.05, 3.63) is 0 Å². The zero-order valence-electron chi connectivity index (χ0n) is 10.2. The Bertz CT molecular complexity index is 341. The molecule has 0 radical (unpaired) electrons. The summed E-state index contributed by atoms with van der Waals surface area (Å²) in [6, 6.07) is -0.0608. The van der Waals surface area contributed by atoms with Crippen molar-refractivity contribution in [1.29, 1.82) is 0 Å². The molecule has 2 fully saturated rings. The van der Waals surface area contributed by atoms with E-state index in [0.29, 0.717) is 10.9 Å². The number of hydrogen-bond donors (Lipinski definition) is 2. The molecule has 0 aromatic rings. The molecule has 2 rings (SSSR count). The van der Waals surface area contributed by atoms with Crippen molar-refractivity contribution in [2.75, 3.05) is 13.2 Å². The molecule has 0 bridgehead atoms. The maximum atomic E-state index is 12.6. The van der Waals surface area contributed by atoms with Crippen LogP contribution in [0, 0.1) is 11.3 Å². The first-order valence-electron chi connectivity index (χ1n) is 6.25. The van der Waals surface area contributed by atoms with E-state index in [2.05, 4.69) is 6.92 Å². The van der Waals surface area contributed by atoms with Gasteiger partial charge in [-0.1, -0.05) is 25.6 Å². The summed E-state index contributed by atoms with van der Waals surface area (Å²) in [4.78, 5) is 14.7. The summed E-state index contributed by atoms with van der Waals surface area (Å²) < 4.78 is 0. The average molecular weight is 256 g/mol. The summed E-state index contributed by atoms with van der Waals surface area (Å²) >= 11 is 5.06. The topological polar surface area (TPSA) is 66.6 Å². The fraction of sp³-hybridized carbons (Fsp3) is 0.833. The van der Waals surface area contributed by atoms with Gasteiger partial charge in [-0.15, -0.1) is 0 Å². The monoisotopic (exact) mass is 256 g/mol. The van der Waals surface area contributed by atoms with Gasteiger partial charge in [0, 0.05) is 6.54 Å². The summed E-state index contributed by atoms with van der Waals surface area (Å²) in [7, 11) is 0. The van der Waals surface area contributed by atoms with Crippen molar-refractivity contribution in [2.45, 2.75) is 38.6 Å².